The van der Waals surface area contributed by atoms with Gasteiger partial charge in [0, 0.05) is 37.4 Å². The summed E-state index contributed by atoms with van der Waals surface area (Å²) in [6.45, 7) is 5.84. The van der Waals surface area contributed by atoms with Gasteiger partial charge in [0.15, 0.2) is 0 Å². The van der Waals surface area contributed by atoms with Gasteiger partial charge < -0.3 is 20.7 Å². The van der Waals surface area contributed by atoms with Crippen molar-refractivity contribution in [2.75, 3.05) is 37.8 Å². The SMILES string of the molecule is CCN(CC)C(=O)CCNc1ccc(N)c(C(=O)OC)c1. The minimum atomic E-state index is -0.477. The topological polar surface area (TPSA) is 84.7 Å². The summed E-state index contributed by atoms with van der Waals surface area (Å²) in [6, 6.07) is 5.04. The fourth-order valence-electron chi connectivity index (χ4n) is 2.00. The molecule has 0 aromatic heterocycles. The van der Waals surface area contributed by atoms with Crippen LogP contribution in [0.3, 0.4) is 0 Å². The fourth-order valence-corrected chi connectivity index (χ4v) is 2.00. The van der Waals surface area contributed by atoms with Crippen LogP contribution in [-0.4, -0.2) is 43.5 Å². The zero-order valence-corrected chi connectivity index (χ0v) is 12.8. The number of nitrogens with two attached hydrogens (primary N) is 1. The molecular formula is C15H23N3O3. The number of methoxy groups -OCH3 is 1. The lowest BCUT2D eigenvalue weighted by Crippen LogP contribution is -2.31. The van der Waals surface area contributed by atoms with E-state index in [2.05, 4.69) is 10.1 Å². The van der Waals surface area contributed by atoms with E-state index in [0.29, 0.717) is 37.3 Å². The smallest absolute Gasteiger partial charge is 0.340 e. The number of anilines is 2. The van der Waals surface area contributed by atoms with Crippen LogP contribution in [0.25, 0.3) is 0 Å². The monoisotopic (exact) mass is 293 g/mol. The number of amides is 1. The van der Waals surface area contributed by atoms with Gasteiger partial charge in [0.25, 0.3) is 0 Å². The van der Waals surface area contributed by atoms with E-state index in [0.717, 1.165) is 5.69 Å². The van der Waals surface area contributed by atoms with E-state index >= 15 is 0 Å². The van der Waals surface area contributed by atoms with Crippen LogP contribution in [0.4, 0.5) is 11.4 Å². The van der Waals surface area contributed by atoms with E-state index in [1.165, 1.54) is 7.11 Å². The Morgan fingerprint density at radius 1 is 1.29 bits per heavy atom. The average Bonchev–Trinajstić information content (AvgIpc) is 2.49. The molecular weight excluding hydrogens is 270 g/mol. The molecule has 0 atom stereocenters. The van der Waals surface area contributed by atoms with E-state index in [4.69, 9.17) is 5.73 Å². The molecule has 0 spiro atoms. The standard InChI is InChI=1S/C15H23N3O3/c1-4-18(5-2)14(19)8-9-17-11-6-7-13(16)12(10-11)15(20)21-3/h6-7,10,17H,4-5,8-9,16H2,1-3H3. The average molecular weight is 293 g/mol. The predicted octanol–water partition coefficient (Wildman–Crippen LogP) is 1.73. The quantitative estimate of drug-likeness (QED) is 0.590. The van der Waals surface area contributed by atoms with Gasteiger partial charge in [-0.1, -0.05) is 0 Å². The second-order valence-corrected chi connectivity index (χ2v) is 4.54. The third-order valence-electron chi connectivity index (χ3n) is 3.24. The fraction of sp³-hybridized carbons (Fsp3) is 0.467. The van der Waals surface area contributed by atoms with Crippen molar-refractivity contribution in [3.63, 3.8) is 0 Å². The predicted molar refractivity (Wildman–Crippen MR) is 83.2 cm³/mol. The van der Waals surface area contributed by atoms with Crippen LogP contribution in [0, 0.1) is 0 Å². The lowest BCUT2D eigenvalue weighted by atomic mass is 10.1. The molecule has 0 saturated heterocycles. The van der Waals surface area contributed by atoms with Gasteiger partial charge in [0.2, 0.25) is 5.91 Å². The van der Waals surface area contributed by atoms with Gasteiger partial charge in [-0.05, 0) is 32.0 Å². The molecule has 0 radical (unpaired) electrons. The molecule has 0 unspecified atom stereocenters. The van der Waals surface area contributed by atoms with Crippen molar-refractivity contribution >= 4 is 23.3 Å². The highest BCUT2D eigenvalue weighted by molar-refractivity contribution is 5.96. The molecule has 1 aromatic rings. The summed E-state index contributed by atoms with van der Waals surface area (Å²) in [7, 11) is 1.31. The van der Waals surface area contributed by atoms with Crippen molar-refractivity contribution in [1.29, 1.82) is 0 Å². The van der Waals surface area contributed by atoms with Gasteiger partial charge in [-0.25, -0.2) is 4.79 Å². The van der Waals surface area contributed by atoms with Gasteiger partial charge in [-0.15, -0.1) is 0 Å². The molecule has 0 bridgehead atoms. The van der Waals surface area contributed by atoms with Gasteiger partial charge in [-0.3, -0.25) is 4.79 Å². The van der Waals surface area contributed by atoms with Crippen LogP contribution in [-0.2, 0) is 9.53 Å². The Morgan fingerprint density at radius 2 is 1.95 bits per heavy atom. The minimum absolute atomic E-state index is 0.108. The van der Waals surface area contributed by atoms with Crippen molar-refractivity contribution in [2.45, 2.75) is 20.3 Å². The summed E-state index contributed by atoms with van der Waals surface area (Å²) in [6.07, 6.45) is 0.402. The van der Waals surface area contributed by atoms with Gasteiger partial charge in [-0.2, -0.15) is 0 Å². The lowest BCUT2D eigenvalue weighted by molar-refractivity contribution is -0.130. The van der Waals surface area contributed by atoms with Crippen molar-refractivity contribution in [2.24, 2.45) is 0 Å². The Morgan fingerprint density at radius 3 is 2.52 bits per heavy atom. The Kier molecular flexibility index (Phi) is 6.52. The Bertz CT molecular complexity index is 499. The van der Waals surface area contributed by atoms with E-state index in [-0.39, 0.29) is 5.91 Å². The highest BCUT2D eigenvalue weighted by Gasteiger charge is 2.11. The lowest BCUT2D eigenvalue weighted by Gasteiger charge is -2.18. The number of nitrogens with one attached hydrogen (secondary N) is 1. The molecule has 0 aliphatic carbocycles. The number of hydrogen-bond donors (Lipinski definition) is 2. The van der Waals surface area contributed by atoms with E-state index in [9.17, 15) is 9.59 Å². The first kappa shape index (κ1) is 16.8. The van der Waals surface area contributed by atoms with E-state index < -0.39 is 5.97 Å². The molecule has 21 heavy (non-hydrogen) atoms. The number of ether oxygens (including phenoxy) is 1. The van der Waals surface area contributed by atoms with Crippen LogP contribution >= 0.6 is 0 Å². The number of nitrogens with zero attached hydrogens (tertiary/aromatic N) is 1. The third kappa shape index (κ3) is 4.66. The molecule has 0 heterocycles. The summed E-state index contributed by atoms with van der Waals surface area (Å²) in [4.78, 5) is 25.2. The maximum absolute atomic E-state index is 11.9. The molecule has 6 nitrogen and oxygen atoms in total. The zero-order chi connectivity index (χ0) is 15.8. The largest absolute Gasteiger partial charge is 0.465 e. The third-order valence-corrected chi connectivity index (χ3v) is 3.24. The minimum Gasteiger partial charge on any atom is -0.465 e. The number of carbonyl (C=O) groups excluding carboxylic acids is 2. The zero-order valence-electron chi connectivity index (χ0n) is 12.8. The first-order valence-corrected chi connectivity index (χ1v) is 7.02. The summed E-state index contributed by atoms with van der Waals surface area (Å²) in [5, 5.41) is 3.11. The molecule has 1 amide bonds. The molecule has 0 saturated carbocycles. The van der Waals surface area contributed by atoms with Crippen LogP contribution in [0.2, 0.25) is 0 Å². The van der Waals surface area contributed by atoms with Crippen LogP contribution in [0.1, 0.15) is 30.6 Å². The highest BCUT2D eigenvalue weighted by atomic mass is 16.5. The molecule has 0 fully saturated rings. The van der Waals surface area contributed by atoms with Crippen LogP contribution < -0.4 is 11.1 Å². The molecule has 3 N–H and O–H groups in total. The molecule has 6 heteroatoms. The Balaban J connectivity index is 2.60. The van der Waals surface area contributed by atoms with Crippen LogP contribution in [0.15, 0.2) is 18.2 Å². The summed E-state index contributed by atoms with van der Waals surface area (Å²) in [5.74, 6) is -0.369. The number of carbonyl (C=O) groups is 2. The number of esters is 1. The summed E-state index contributed by atoms with van der Waals surface area (Å²) in [5.41, 5.74) is 7.15. The summed E-state index contributed by atoms with van der Waals surface area (Å²) < 4.78 is 4.67. The Hall–Kier alpha value is -2.24. The van der Waals surface area contributed by atoms with Gasteiger partial charge in [0.05, 0.1) is 12.7 Å². The molecule has 0 aliphatic rings. The maximum Gasteiger partial charge on any atom is 0.340 e. The molecule has 1 aromatic carbocycles. The van der Waals surface area contributed by atoms with Gasteiger partial charge in [0.1, 0.15) is 0 Å². The van der Waals surface area contributed by atoms with Crippen molar-refractivity contribution in [3.05, 3.63) is 23.8 Å². The molecule has 116 valence electrons. The van der Waals surface area contributed by atoms with Gasteiger partial charge >= 0.3 is 5.97 Å². The second kappa shape index (κ2) is 8.14. The number of benzene rings is 1. The summed E-state index contributed by atoms with van der Waals surface area (Å²) >= 11 is 0. The first-order chi connectivity index (χ1) is 10.0. The van der Waals surface area contributed by atoms with Crippen LogP contribution in [0.5, 0.6) is 0 Å². The number of hydrogen-bond acceptors (Lipinski definition) is 5. The van der Waals surface area contributed by atoms with Crippen molar-refractivity contribution in [3.8, 4) is 0 Å². The van der Waals surface area contributed by atoms with Crippen molar-refractivity contribution in [1.82, 2.24) is 4.90 Å². The normalized spacial score (nSPS) is 10.0. The highest BCUT2D eigenvalue weighted by Crippen LogP contribution is 2.18. The number of rotatable bonds is 7. The van der Waals surface area contributed by atoms with E-state index in [1.54, 1.807) is 23.1 Å². The number of nitrogen functional groups attached to an aromatic ring is 1. The molecule has 0 aliphatic heterocycles. The van der Waals surface area contributed by atoms with E-state index in [1.807, 2.05) is 13.8 Å². The van der Waals surface area contributed by atoms with Crippen molar-refractivity contribution < 1.29 is 14.3 Å². The Labute approximate surface area is 125 Å². The second-order valence-electron chi connectivity index (χ2n) is 4.54. The maximum atomic E-state index is 11.9. The molecule has 1 rings (SSSR count). The first-order valence-electron chi connectivity index (χ1n) is 7.02.